The van der Waals surface area contributed by atoms with Crippen LogP contribution in [-0.2, 0) is 0 Å². The van der Waals surface area contributed by atoms with Crippen molar-refractivity contribution in [2.45, 2.75) is 37.6 Å². The molecule has 1 heterocycles. The fraction of sp³-hybridized carbons (Fsp3) is 0.467. The minimum absolute atomic E-state index is 0.236. The molecule has 2 rings (SSSR count). The van der Waals surface area contributed by atoms with E-state index in [1.54, 1.807) is 0 Å². The molecule has 1 aromatic rings. The van der Waals surface area contributed by atoms with Crippen molar-refractivity contribution in [3.8, 4) is 5.75 Å². The first kappa shape index (κ1) is 12.2. The van der Waals surface area contributed by atoms with Gasteiger partial charge in [-0.1, -0.05) is 24.3 Å². The van der Waals surface area contributed by atoms with E-state index in [1.807, 2.05) is 18.2 Å². The zero-order valence-corrected chi connectivity index (χ0v) is 10.3. The molecule has 0 spiro atoms. The fourth-order valence-electron chi connectivity index (χ4n) is 2.51. The Bertz CT molecular complexity index is 375. The SMILES string of the molecule is C=CCCCC(N)C1CCOc2ccccc21. The Hall–Kier alpha value is -1.28. The van der Waals surface area contributed by atoms with Crippen molar-refractivity contribution in [3.05, 3.63) is 42.5 Å². The molecular weight excluding hydrogens is 210 g/mol. The lowest BCUT2D eigenvalue weighted by atomic mass is 9.85. The average Bonchev–Trinajstić information content (AvgIpc) is 2.38. The third-order valence-corrected chi connectivity index (χ3v) is 3.47. The van der Waals surface area contributed by atoms with Crippen molar-refractivity contribution < 1.29 is 4.74 Å². The highest BCUT2D eigenvalue weighted by Gasteiger charge is 2.25. The Labute approximate surface area is 103 Å². The van der Waals surface area contributed by atoms with Gasteiger partial charge in [-0.05, 0) is 37.3 Å². The van der Waals surface area contributed by atoms with Crippen LogP contribution in [-0.4, -0.2) is 12.6 Å². The number of unbranched alkanes of at least 4 members (excludes halogenated alkanes) is 1. The molecule has 1 aliphatic rings. The van der Waals surface area contributed by atoms with Crippen LogP contribution in [0, 0.1) is 0 Å². The van der Waals surface area contributed by atoms with Gasteiger partial charge in [-0.15, -0.1) is 6.58 Å². The Balaban J connectivity index is 2.04. The molecule has 0 radical (unpaired) electrons. The van der Waals surface area contributed by atoms with Gasteiger partial charge in [0.2, 0.25) is 0 Å². The molecule has 0 fully saturated rings. The summed E-state index contributed by atoms with van der Waals surface area (Å²) in [6, 6.07) is 8.51. The number of ether oxygens (including phenoxy) is 1. The lowest BCUT2D eigenvalue weighted by molar-refractivity contribution is 0.252. The zero-order chi connectivity index (χ0) is 12.1. The summed E-state index contributed by atoms with van der Waals surface area (Å²) >= 11 is 0. The second-order valence-corrected chi connectivity index (χ2v) is 4.66. The second kappa shape index (κ2) is 5.87. The summed E-state index contributed by atoms with van der Waals surface area (Å²) in [5.74, 6) is 1.47. The van der Waals surface area contributed by atoms with Crippen molar-refractivity contribution in [3.63, 3.8) is 0 Å². The molecule has 2 N–H and O–H groups in total. The van der Waals surface area contributed by atoms with Crippen LogP contribution in [0.3, 0.4) is 0 Å². The van der Waals surface area contributed by atoms with E-state index in [1.165, 1.54) is 5.56 Å². The molecule has 0 aromatic heterocycles. The van der Waals surface area contributed by atoms with E-state index in [2.05, 4.69) is 18.7 Å². The zero-order valence-electron chi connectivity index (χ0n) is 10.3. The van der Waals surface area contributed by atoms with E-state index in [0.29, 0.717) is 5.92 Å². The third kappa shape index (κ3) is 2.89. The first-order valence-corrected chi connectivity index (χ1v) is 6.41. The highest BCUT2D eigenvalue weighted by Crippen LogP contribution is 2.35. The summed E-state index contributed by atoms with van der Waals surface area (Å²) in [6.45, 7) is 4.53. The maximum absolute atomic E-state index is 6.31. The molecule has 1 aromatic carbocycles. The molecule has 2 unspecified atom stereocenters. The molecule has 1 aliphatic heterocycles. The van der Waals surface area contributed by atoms with Gasteiger partial charge in [-0.25, -0.2) is 0 Å². The fourth-order valence-corrected chi connectivity index (χ4v) is 2.51. The maximum Gasteiger partial charge on any atom is 0.122 e. The standard InChI is InChI=1S/C15H21NO/c1-2-3-4-8-14(16)12-10-11-17-15-9-6-5-7-13(12)15/h2,5-7,9,12,14H,1,3-4,8,10-11,16H2. The number of nitrogens with two attached hydrogens (primary N) is 1. The molecule has 0 saturated heterocycles. The van der Waals surface area contributed by atoms with Gasteiger partial charge in [-0.3, -0.25) is 0 Å². The quantitative estimate of drug-likeness (QED) is 0.623. The molecule has 2 atom stereocenters. The normalized spacial score (nSPS) is 20.2. The van der Waals surface area contributed by atoms with Gasteiger partial charge in [0.25, 0.3) is 0 Å². The maximum atomic E-state index is 6.31. The summed E-state index contributed by atoms with van der Waals surface area (Å²) in [5.41, 5.74) is 7.60. The predicted octanol–water partition coefficient (Wildman–Crippen LogP) is 3.24. The number of allylic oxidation sites excluding steroid dienone is 1. The summed E-state index contributed by atoms with van der Waals surface area (Å²) in [4.78, 5) is 0. The summed E-state index contributed by atoms with van der Waals surface area (Å²) < 4.78 is 5.66. The summed E-state index contributed by atoms with van der Waals surface area (Å²) in [6.07, 6.45) is 6.24. The van der Waals surface area contributed by atoms with Gasteiger partial charge in [0.15, 0.2) is 0 Å². The van der Waals surface area contributed by atoms with Crippen LogP contribution in [0.1, 0.15) is 37.2 Å². The first-order chi connectivity index (χ1) is 8.33. The first-order valence-electron chi connectivity index (χ1n) is 6.41. The molecular formula is C15H21NO. The number of para-hydroxylation sites is 1. The molecule has 0 amide bonds. The van der Waals surface area contributed by atoms with Crippen LogP contribution in [0.25, 0.3) is 0 Å². The number of fused-ring (bicyclic) bond motifs is 1. The second-order valence-electron chi connectivity index (χ2n) is 4.66. The Morgan fingerprint density at radius 2 is 2.29 bits per heavy atom. The largest absolute Gasteiger partial charge is 0.493 e. The minimum atomic E-state index is 0.236. The van der Waals surface area contributed by atoms with E-state index < -0.39 is 0 Å². The van der Waals surface area contributed by atoms with Gasteiger partial charge >= 0.3 is 0 Å². The van der Waals surface area contributed by atoms with Crippen LogP contribution in [0.4, 0.5) is 0 Å². The Morgan fingerprint density at radius 1 is 1.47 bits per heavy atom. The topological polar surface area (TPSA) is 35.2 Å². The van der Waals surface area contributed by atoms with Crippen molar-refractivity contribution in [2.24, 2.45) is 5.73 Å². The van der Waals surface area contributed by atoms with E-state index in [-0.39, 0.29) is 6.04 Å². The summed E-state index contributed by atoms with van der Waals surface area (Å²) in [7, 11) is 0. The number of benzene rings is 1. The summed E-state index contributed by atoms with van der Waals surface area (Å²) in [5, 5.41) is 0. The highest BCUT2D eigenvalue weighted by molar-refractivity contribution is 5.38. The molecule has 2 heteroatoms. The minimum Gasteiger partial charge on any atom is -0.493 e. The van der Waals surface area contributed by atoms with E-state index in [4.69, 9.17) is 10.5 Å². The Morgan fingerprint density at radius 3 is 3.12 bits per heavy atom. The van der Waals surface area contributed by atoms with Gasteiger partial charge < -0.3 is 10.5 Å². The van der Waals surface area contributed by atoms with E-state index >= 15 is 0 Å². The number of hydrogen-bond donors (Lipinski definition) is 1. The van der Waals surface area contributed by atoms with Crippen molar-refractivity contribution in [1.29, 1.82) is 0 Å². The Kier molecular flexibility index (Phi) is 4.21. The molecule has 92 valence electrons. The molecule has 17 heavy (non-hydrogen) atoms. The average molecular weight is 231 g/mol. The van der Waals surface area contributed by atoms with Crippen molar-refractivity contribution in [1.82, 2.24) is 0 Å². The van der Waals surface area contributed by atoms with Crippen LogP contribution in [0.15, 0.2) is 36.9 Å². The monoisotopic (exact) mass is 231 g/mol. The van der Waals surface area contributed by atoms with Gasteiger partial charge in [-0.2, -0.15) is 0 Å². The van der Waals surface area contributed by atoms with E-state index in [9.17, 15) is 0 Å². The van der Waals surface area contributed by atoms with E-state index in [0.717, 1.165) is 38.0 Å². The predicted molar refractivity (Wildman–Crippen MR) is 71.3 cm³/mol. The van der Waals surface area contributed by atoms with Crippen molar-refractivity contribution in [2.75, 3.05) is 6.61 Å². The van der Waals surface area contributed by atoms with Gasteiger partial charge in [0.1, 0.15) is 5.75 Å². The van der Waals surface area contributed by atoms with Crippen LogP contribution in [0.2, 0.25) is 0 Å². The van der Waals surface area contributed by atoms with Crippen molar-refractivity contribution >= 4 is 0 Å². The molecule has 0 bridgehead atoms. The highest BCUT2D eigenvalue weighted by atomic mass is 16.5. The van der Waals surface area contributed by atoms with Crippen LogP contribution in [0.5, 0.6) is 5.75 Å². The molecule has 2 nitrogen and oxygen atoms in total. The molecule has 0 aliphatic carbocycles. The smallest absolute Gasteiger partial charge is 0.122 e. The third-order valence-electron chi connectivity index (χ3n) is 3.47. The number of rotatable bonds is 5. The molecule has 0 saturated carbocycles. The van der Waals surface area contributed by atoms with Crippen LogP contribution < -0.4 is 10.5 Å². The van der Waals surface area contributed by atoms with Crippen LogP contribution >= 0.6 is 0 Å². The van der Waals surface area contributed by atoms with Gasteiger partial charge in [0, 0.05) is 12.0 Å². The van der Waals surface area contributed by atoms with Gasteiger partial charge in [0.05, 0.1) is 6.61 Å². The number of hydrogen-bond acceptors (Lipinski definition) is 2. The lowest BCUT2D eigenvalue weighted by Crippen LogP contribution is -2.32. The lowest BCUT2D eigenvalue weighted by Gasteiger charge is -2.30.